The van der Waals surface area contributed by atoms with E-state index in [1.54, 1.807) is 6.92 Å². The second kappa shape index (κ2) is 6.74. The van der Waals surface area contributed by atoms with Gasteiger partial charge in [0.25, 0.3) is 0 Å². The Balaban J connectivity index is 1.83. The van der Waals surface area contributed by atoms with Crippen LogP contribution < -0.4 is 4.74 Å². The summed E-state index contributed by atoms with van der Waals surface area (Å²) in [4.78, 5) is 10.9. The van der Waals surface area contributed by atoms with Gasteiger partial charge in [-0.1, -0.05) is 19.1 Å². The molecule has 2 nitrogen and oxygen atoms in total. The molecule has 0 radical (unpaired) electrons. The summed E-state index contributed by atoms with van der Waals surface area (Å²) in [5, 5.41) is 0. The Bertz CT molecular complexity index is 400. The molecule has 0 heterocycles. The molecule has 0 amide bonds. The predicted octanol–water partition coefficient (Wildman–Crippen LogP) is 4.17. The molecule has 0 bridgehead atoms. The van der Waals surface area contributed by atoms with Gasteiger partial charge in [0.15, 0.2) is 0 Å². The molecule has 0 aliphatic heterocycles. The predicted molar refractivity (Wildman–Crippen MR) is 77.5 cm³/mol. The molecule has 1 aromatic carbocycles. The van der Waals surface area contributed by atoms with Crippen LogP contribution in [0.15, 0.2) is 24.3 Å². The molecule has 2 heteroatoms. The minimum Gasteiger partial charge on any atom is -0.490 e. The quantitative estimate of drug-likeness (QED) is 0.794. The Morgan fingerprint density at radius 3 is 2.37 bits per heavy atom. The van der Waals surface area contributed by atoms with Gasteiger partial charge in [0.2, 0.25) is 0 Å². The largest absolute Gasteiger partial charge is 0.490 e. The van der Waals surface area contributed by atoms with Gasteiger partial charge in [0, 0.05) is 6.42 Å². The molecule has 1 saturated carbocycles. The first-order valence-corrected chi connectivity index (χ1v) is 7.38. The lowest BCUT2D eigenvalue weighted by molar-refractivity contribution is -0.116. The molecular weight excluding hydrogens is 236 g/mol. The molecule has 0 atom stereocenters. The SMILES string of the molecule is CC(=O)CCc1ccc(OC2CCC(C)CC2)cc1. The van der Waals surface area contributed by atoms with Gasteiger partial charge in [-0.25, -0.2) is 0 Å². The topological polar surface area (TPSA) is 26.3 Å². The van der Waals surface area contributed by atoms with Crippen molar-refractivity contribution in [2.24, 2.45) is 5.92 Å². The first-order chi connectivity index (χ1) is 9.13. The summed E-state index contributed by atoms with van der Waals surface area (Å²) < 4.78 is 6.02. The van der Waals surface area contributed by atoms with Crippen LogP contribution in [0.2, 0.25) is 0 Å². The number of carbonyl (C=O) groups excluding carboxylic acids is 1. The van der Waals surface area contributed by atoms with Crippen molar-refractivity contribution >= 4 is 5.78 Å². The standard InChI is InChI=1S/C17H24O2/c1-13-3-9-16(10-4-13)19-17-11-7-15(8-12-17)6-5-14(2)18/h7-8,11-13,16H,3-6,9-10H2,1-2H3. The van der Waals surface area contributed by atoms with Gasteiger partial charge in [-0.05, 0) is 62.6 Å². The second-order valence-electron chi connectivity index (χ2n) is 5.85. The van der Waals surface area contributed by atoms with Gasteiger partial charge in [-0.2, -0.15) is 0 Å². The fraction of sp³-hybridized carbons (Fsp3) is 0.588. The van der Waals surface area contributed by atoms with Gasteiger partial charge in [0.05, 0.1) is 6.10 Å². The Hall–Kier alpha value is -1.31. The van der Waals surface area contributed by atoms with Crippen LogP contribution >= 0.6 is 0 Å². The number of hydrogen-bond donors (Lipinski definition) is 0. The first kappa shape index (κ1) is 14.1. The van der Waals surface area contributed by atoms with Gasteiger partial charge < -0.3 is 9.53 Å². The van der Waals surface area contributed by atoms with Crippen molar-refractivity contribution in [1.82, 2.24) is 0 Å². The highest BCUT2D eigenvalue weighted by Crippen LogP contribution is 2.27. The third-order valence-corrected chi connectivity index (χ3v) is 3.95. The van der Waals surface area contributed by atoms with Crippen molar-refractivity contribution in [3.05, 3.63) is 29.8 Å². The molecule has 0 aromatic heterocycles. The van der Waals surface area contributed by atoms with Crippen LogP contribution in [0.25, 0.3) is 0 Å². The zero-order valence-corrected chi connectivity index (χ0v) is 12.0. The highest BCUT2D eigenvalue weighted by atomic mass is 16.5. The summed E-state index contributed by atoms with van der Waals surface area (Å²) in [5.74, 6) is 2.07. The van der Waals surface area contributed by atoms with Crippen LogP contribution in [0.1, 0.15) is 51.5 Å². The summed E-state index contributed by atoms with van der Waals surface area (Å²) in [5.41, 5.74) is 1.21. The lowest BCUT2D eigenvalue weighted by Gasteiger charge is -2.26. The number of ether oxygens (including phenoxy) is 1. The number of aryl methyl sites for hydroxylation is 1. The number of hydrogen-bond acceptors (Lipinski definition) is 2. The minimum atomic E-state index is 0.247. The van der Waals surface area contributed by atoms with Crippen molar-refractivity contribution in [3.63, 3.8) is 0 Å². The summed E-state index contributed by atoms with van der Waals surface area (Å²) in [7, 11) is 0. The number of Topliss-reactive ketones (excluding diaryl/α,β-unsaturated/α-hetero) is 1. The highest BCUT2D eigenvalue weighted by Gasteiger charge is 2.19. The van der Waals surface area contributed by atoms with E-state index in [4.69, 9.17) is 4.74 Å². The number of carbonyl (C=O) groups is 1. The molecule has 104 valence electrons. The average Bonchev–Trinajstić information content (AvgIpc) is 2.40. The molecule has 2 rings (SSSR count). The highest BCUT2D eigenvalue weighted by molar-refractivity contribution is 5.75. The summed E-state index contributed by atoms with van der Waals surface area (Å²) in [6, 6.07) is 8.22. The normalized spacial score (nSPS) is 23.1. The summed E-state index contributed by atoms with van der Waals surface area (Å²) >= 11 is 0. The monoisotopic (exact) mass is 260 g/mol. The van der Waals surface area contributed by atoms with Crippen LogP contribution in [0.4, 0.5) is 0 Å². The van der Waals surface area contributed by atoms with E-state index in [2.05, 4.69) is 19.1 Å². The van der Waals surface area contributed by atoms with Crippen LogP contribution in [-0.2, 0) is 11.2 Å². The van der Waals surface area contributed by atoms with Gasteiger partial charge in [-0.15, -0.1) is 0 Å². The maximum absolute atomic E-state index is 10.9. The Morgan fingerprint density at radius 2 is 1.79 bits per heavy atom. The Morgan fingerprint density at radius 1 is 1.16 bits per heavy atom. The van der Waals surface area contributed by atoms with Gasteiger partial charge in [-0.3, -0.25) is 0 Å². The third-order valence-electron chi connectivity index (χ3n) is 3.95. The molecule has 0 saturated heterocycles. The van der Waals surface area contributed by atoms with Crippen molar-refractivity contribution in [3.8, 4) is 5.75 Å². The second-order valence-corrected chi connectivity index (χ2v) is 5.85. The van der Waals surface area contributed by atoms with Crippen molar-refractivity contribution in [1.29, 1.82) is 0 Å². The van der Waals surface area contributed by atoms with Crippen molar-refractivity contribution in [2.75, 3.05) is 0 Å². The van der Waals surface area contributed by atoms with E-state index in [9.17, 15) is 4.79 Å². The Kier molecular flexibility index (Phi) is 5.00. The molecule has 0 spiro atoms. The first-order valence-electron chi connectivity index (χ1n) is 7.38. The van der Waals surface area contributed by atoms with E-state index in [-0.39, 0.29) is 5.78 Å². The van der Waals surface area contributed by atoms with E-state index in [1.165, 1.54) is 31.2 Å². The van der Waals surface area contributed by atoms with E-state index >= 15 is 0 Å². The number of rotatable bonds is 5. The number of benzene rings is 1. The molecule has 1 aliphatic rings. The molecule has 1 fully saturated rings. The summed E-state index contributed by atoms with van der Waals surface area (Å²) in [6.07, 6.45) is 6.75. The van der Waals surface area contributed by atoms with Crippen LogP contribution in [0.5, 0.6) is 5.75 Å². The van der Waals surface area contributed by atoms with Gasteiger partial charge in [0.1, 0.15) is 11.5 Å². The van der Waals surface area contributed by atoms with Crippen LogP contribution in [0, 0.1) is 5.92 Å². The van der Waals surface area contributed by atoms with E-state index in [1.807, 2.05) is 12.1 Å². The zero-order valence-electron chi connectivity index (χ0n) is 12.0. The lowest BCUT2D eigenvalue weighted by atomic mass is 9.89. The Labute approximate surface area is 116 Å². The fourth-order valence-electron chi connectivity index (χ4n) is 2.59. The molecule has 19 heavy (non-hydrogen) atoms. The van der Waals surface area contributed by atoms with Crippen molar-refractivity contribution < 1.29 is 9.53 Å². The fourth-order valence-corrected chi connectivity index (χ4v) is 2.59. The van der Waals surface area contributed by atoms with Gasteiger partial charge >= 0.3 is 0 Å². The zero-order chi connectivity index (χ0) is 13.7. The molecule has 1 aliphatic carbocycles. The van der Waals surface area contributed by atoms with Crippen LogP contribution in [0.3, 0.4) is 0 Å². The molecule has 1 aromatic rings. The molecule has 0 N–H and O–H groups in total. The molecule has 0 unspecified atom stereocenters. The van der Waals surface area contributed by atoms with E-state index < -0.39 is 0 Å². The lowest BCUT2D eigenvalue weighted by Crippen LogP contribution is -2.22. The number of ketones is 1. The smallest absolute Gasteiger partial charge is 0.130 e. The van der Waals surface area contributed by atoms with Crippen LogP contribution in [-0.4, -0.2) is 11.9 Å². The molecular formula is C17H24O2. The van der Waals surface area contributed by atoms with E-state index in [0.29, 0.717) is 12.5 Å². The summed E-state index contributed by atoms with van der Waals surface area (Å²) in [6.45, 7) is 3.96. The average molecular weight is 260 g/mol. The van der Waals surface area contributed by atoms with E-state index in [0.717, 1.165) is 18.1 Å². The third kappa shape index (κ3) is 4.70. The maximum Gasteiger partial charge on any atom is 0.130 e. The van der Waals surface area contributed by atoms with Crippen molar-refractivity contribution in [2.45, 2.75) is 58.5 Å². The minimum absolute atomic E-state index is 0.247. The maximum atomic E-state index is 10.9.